The van der Waals surface area contributed by atoms with Crippen LogP contribution in [0, 0.1) is 0 Å². The fourth-order valence-electron chi connectivity index (χ4n) is 9.15. The molecule has 0 aromatic rings. The third-order valence-corrected chi connectivity index (χ3v) is 16.6. The van der Waals surface area contributed by atoms with E-state index in [4.69, 9.17) is 32.3 Å². The number of hydrogen-bond acceptors (Lipinski definition) is 14. The minimum Gasteiger partial charge on any atom is -0.463 e. The molecule has 0 aliphatic rings. The van der Waals surface area contributed by atoms with Gasteiger partial charge < -0.3 is 34.2 Å². The van der Waals surface area contributed by atoms with Crippen LogP contribution in [0.3, 0.4) is 0 Å². The molecular formula is C79H130O16P2. The molecule has 0 saturated heterocycles. The fraction of sp³-hybridized carbons (Fsp3) is 0.633. The van der Waals surface area contributed by atoms with Gasteiger partial charge in [-0.1, -0.05) is 262 Å². The Labute approximate surface area is 587 Å². The van der Waals surface area contributed by atoms with Crippen LogP contribution in [0.25, 0.3) is 0 Å². The Kier molecular flexibility index (Phi) is 67.5. The summed E-state index contributed by atoms with van der Waals surface area (Å²) in [6.45, 7) is 2.33. The molecule has 5 atom stereocenters. The van der Waals surface area contributed by atoms with Crippen molar-refractivity contribution in [3.8, 4) is 0 Å². The molecule has 16 nitrogen and oxygen atoms in total. The number of carbonyl (C=O) groups is 3. The quantitative estimate of drug-likeness (QED) is 0.0146. The number of aliphatic hydroxyl groups is 2. The number of phosphoric ester groups is 2. The first kappa shape index (κ1) is 92.2. The van der Waals surface area contributed by atoms with E-state index in [0.717, 1.165) is 193 Å². The van der Waals surface area contributed by atoms with Crippen molar-refractivity contribution in [2.75, 3.05) is 39.6 Å². The second-order valence-corrected chi connectivity index (χ2v) is 26.9. The van der Waals surface area contributed by atoms with Gasteiger partial charge in [0.1, 0.15) is 25.4 Å². The molecule has 0 aromatic carbocycles. The van der Waals surface area contributed by atoms with Gasteiger partial charge in [0.2, 0.25) is 0 Å². The Bertz CT molecular complexity index is 2400. The second-order valence-electron chi connectivity index (χ2n) is 24.0. The molecule has 0 aliphatic heterocycles. The van der Waals surface area contributed by atoms with Crippen LogP contribution in [0.5, 0.6) is 0 Å². The third-order valence-electron chi connectivity index (χ3n) is 14.7. The summed E-state index contributed by atoms with van der Waals surface area (Å²) in [5.74, 6) is -1.63. The summed E-state index contributed by atoms with van der Waals surface area (Å²) in [7, 11) is -9.80. The average molecular weight is 1400 g/mol. The standard InChI is InChI=1S/C79H130O16P2/c1-4-7-10-13-16-19-22-24-26-28-30-32-34-36-38-40-42-44-46-48-51-53-56-59-62-65-77(82)89-68-74(80)69-91-96(85,86)92-70-75(81)71-93-97(87,88)94-73-76(95-79(84)67-64-61-58-55-50-21-18-15-12-9-6-3)72-90-78(83)66-63-60-57-54-52-49-47-45-43-41-39-37-35-33-31-29-27-25-23-20-17-14-11-8-5-2/h7-8,10-11,15-20,24-27,30-33,36-39,42-45,74-76,80-81H,4-6,9,12-14,21-23,28-29,34-35,40-41,46-73H2,1-3H3,(H,85,86)(H,87,88)/b10-7-,11-8-,18-15-,19-16-,20-17-,26-24-,27-25-,32-30-,33-31-,38-36-,39-37-,44-42-,45-43-. The number of hydrogen-bond donors (Lipinski definition) is 4. The monoisotopic (exact) mass is 1400 g/mol. The highest BCUT2D eigenvalue weighted by atomic mass is 31.2. The van der Waals surface area contributed by atoms with E-state index >= 15 is 0 Å². The van der Waals surface area contributed by atoms with E-state index in [2.05, 4.69) is 179 Å². The molecule has 0 bridgehead atoms. The highest BCUT2D eigenvalue weighted by Crippen LogP contribution is 2.45. The van der Waals surface area contributed by atoms with Gasteiger partial charge in [-0.15, -0.1) is 0 Å². The van der Waals surface area contributed by atoms with Crippen LogP contribution in [-0.2, 0) is 55.8 Å². The fourth-order valence-corrected chi connectivity index (χ4v) is 10.7. The molecule has 18 heteroatoms. The summed E-state index contributed by atoms with van der Waals surface area (Å²) in [6, 6.07) is 0. The van der Waals surface area contributed by atoms with Gasteiger partial charge in [0, 0.05) is 19.3 Å². The maximum absolute atomic E-state index is 12.9. The largest absolute Gasteiger partial charge is 0.472 e. The predicted molar refractivity (Wildman–Crippen MR) is 399 cm³/mol. The number of ether oxygens (including phenoxy) is 3. The number of aliphatic hydroxyl groups excluding tert-OH is 2. The first-order chi connectivity index (χ1) is 47.2. The van der Waals surface area contributed by atoms with Crippen LogP contribution < -0.4 is 0 Å². The lowest BCUT2D eigenvalue weighted by atomic mass is 10.1. The summed E-state index contributed by atoms with van der Waals surface area (Å²) in [6.07, 6.45) is 87.3. The molecule has 0 saturated carbocycles. The highest BCUT2D eigenvalue weighted by Gasteiger charge is 2.29. The average Bonchev–Trinajstić information content (AvgIpc) is 1.85. The lowest BCUT2D eigenvalue weighted by Gasteiger charge is -2.21. The van der Waals surface area contributed by atoms with Crippen molar-refractivity contribution in [3.63, 3.8) is 0 Å². The molecule has 552 valence electrons. The van der Waals surface area contributed by atoms with Gasteiger partial charge in [0.05, 0.1) is 26.4 Å². The van der Waals surface area contributed by atoms with E-state index in [0.29, 0.717) is 19.3 Å². The van der Waals surface area contributed by atoms with Crippen LogP contribution in [-0.4, -0.2) is 95.9 Å². The summed E-state index contributed by atoms with van der Waals surface area (Å²) >= 11 is 0. The Balaban J connectivity index is 4.58. The van der Waals surface area contributed by atoms with Crippen molar-refractivity contribution in [3.05, 3.63) is 158 Å². The van der Waals surface area contributed by atoms with Gasteiger partial charge in [0.25, 0.3) is 0 Å². The van der Waals surface area contributed by atoms with E-state index in [-0.39, 0.29) is 19.3 Å². The molecule has 0 heterocycles. The normalized spacial score (nSPS) is 15.0. The molecule has 0 aliphatic carbocycles. The van der Waals surface area contributed by atoms with E-state index in [1.165, 1.54) is 12.8 Å². The first-order valence-electron chi connectivity index (χ1n) is 36.8. The van der Waals surface area contributed by atoms with Gasteiger partial charge >= 0.3 is 33.6 Å². The van der Waals surface area contributed by atoms with Crippen LogP contribution >= 0.6 is 15.6 Å². The van der Waals surface area contributed by atoms with Crippen molar-refractivity contribution >= 4 is 33.6 Å². The lowest BCUT2D eigenvalue weighted by Crippen LogP contribution is -2.30. The maximum atomic E-state index is 12.9. The Morgan fingerprint density at radius 2 is 0.546 bits per heavy atom. The topological polar surface area (TPSA) is 231 Å². The third kappa shape index (κ3) is 72.2. The minimum absolute atomic E-state index is 0.0852. The van der Waals surface area contributed by atoms with Gasteiger partial charge in [-0.3, -0.25) is 32.5 Å². The van der Waals surface area contributed by atoms with E-state index in [1.54, 1.807) is 0 Å². The summed E-state index contributed by atoms with van der Waals surface area (Å²) in [5.41, 5.74) is 0. The summed E-state index contributed by atoms with van der Waals surface area (Å²) < 4.78 is 60.9. The van der Waals surface area contributed by atoms with Crippen LogP contribution in [0.1, 0.15) is 265 Å². The van der Waals surface area contributed by atoms with Crippen LogP contribution in [0.2, 0.25) is 0 Å². The number of allylic oxidation sites excluding steroid dienone is 26. The second kappa shape index (κ2) is 71.0. The van der Waals surface area contributed by atoms with Crippen LogP contribution in [0.15, 0.2) is 158 Å². The number of rotatable bonds is 68. The molecule has 0 aromatic heterocycles. The van der Waals surface area contributed by atoms with Crippen LogP contribution in [0.4, 0.5) is 0 Å². The molecular weight excluding hydrogens is 1270 g/mol. The molecule has 97 heavy (non-hydrogen) atoms. The van der Waals surface area contributed by atoms with Crippen molar-refractivity contribution in [1.29, 1.82) is 0 Å². The first-order valence-corrected chi connectivity index (χ1v) is 39.8. The molecule has 0 fully saturated rings. The zero-order chi connectivity index (χ0) is 70.9. The van der Waals surface area contributed by atoms with Crippen molar-refractivity contribution in [2.24, 2.45) is 0 Å². The molecule has 0 rings (SSSR count). The Morgan fingerprint density at radius 3 is 0.876 bits per heavy atom. The number of phosphoric acid groups is 2. The van der Waals surface area contributed by atoms with Crippen molar-refractivity contribution in [1.82, 2.24) is 0 Å². The Morgan fingerprint density at radius 1 is 0.299 bits per heavy atom. The smallest absolute Gasteiger partial charge is 0.463 e. The SMILES string of the molecule is CC/C=C\C/C=C\C/C=C\C/C=C\C/C=C\C/C=C\CCCCCCCCC(=O)OCC(O)COP(=O)(O)OCC(O)COP(=O)(O)OCC(COC(=O)CCCCCCCC/C=C\C/C=C\C/C=C\C/C=C\C/C=C\C/C=C\CC)OC(=O)CCCCCCC/C=C\CCCC. The minimum atomic E-state index is -4.94. The zero-order valence-corrected chi connectivity index (χ0v) is 61.7. The molecule has 0 radical (unpaired) electrons. The summed E-state index contributed by atoms with van der Waals surface area (Å²) in [4.78, 5) is 58.4. The molecule has 5 unspecified atom stereocenters. The zero-order valence-electron chi connectivity index (χ0n) is 59.9. The predicted octanol–water partition coefficient (Wildman–Crippen LogP) is 21.1. The highest BCUT2D eigenvalue weighted by molar-refractivity contribution is 7.47. The van der Waals surface area contributed by atoms with Gasteiger partial charge in [-0.25, -0.2) is 9.13 Å². The molecule has 0 spiro atoms. The molecule has 0 amide bonds. The van der Waals surface area contributed by atoms with E-state index < -0.39 is 91.5 Å². The summed E-state index contributed by atoms with van der Waals surface area (Å²) in [5, 5.41) is 20.6. The van der Waals surface area contributed by atoms with Gasteiger partial charge in [-0.05, 0) is 141 Å². The Hall–Kier alpha value is -4.83. The number of carbonyl (C=O) groups excluding carboxylic acids is 3. The number of unbranched alkanes of at least 4 members (excludes halogenated alkanes) is 19. The van der Waals surface area contributed by atoms with Gasteiger partial charge in [-0.2, -0.15) is 0 Å². The van der Waals surface area contributed by atoms with Gasteiger partial charge in [0.15, 0.2) is 6.10 Å². The maximum Gasteiger partial charge on any atom is 0.472 e. The van der Waals surface area contributed by atoms with Crippen molar-refractivity contribution < 1.29 is 75.8 Å². The lowest BCUT2D eigenvalue weighted by molar-refractivity contribution is -0.161. The van der Waals surface area contributed by atoms with E-state index in [9.17, 15) is 43.5 Å². The van der Waals surface area contributed by atoms with E-state index in [1.807, 2.05) is 0 Å². The van der Waals surface area contributed by atoms with Crippen molar-refractivity contribution in [2.45, 2.75) is 283 Å². The molecule has 4 N–H and O–H groups in total. The number of esters is 3.